The molecule has 0 saturated carbocycles. The number of hydrogen-bond acceptors (Lipinski definition) is 6. The van der Waals surface area contributed by atoms with E-state index in [9.17, 15) is 18.3 Å². The van der Waals surface area contributed by atoms with E-state index in [0.717, 1.165) is 10.9 Å². The summed E-state index contributed by atoms with van der Waals surface area (Å²) in [7, 11) is -2.35. The number of hydrogen-bond donors (Lipinski definition) is 3. The number of aliphatic hydroxyl groups is 1. The Morgan fingerprint density at radius 1 is 1.09 bits per heavy atom. The summed E-state index contributed by atoms with van der Waals surface area (Å²) in [5.41, 5.74) is 0.918. The number of aromatic amines is 1. The van der Waals surface area contributed by atoms with E-state index in [2.05, 4.69) is 10.3 Å². The van der Waals surface area contributed by atoms with Crippen molar-refractivity contribution in [3.05, 3.63) is 54.7 Å². The van der Waals surface area contributed by atoms with Gasteiger partial charge < -0.3 is 24.9 Å². The van der Waals surface area contributed by atoms with Crippen LogP contribution in [0.1, 0.15) is 13.8 Å². The Morgan fingerprint density at radius 2 is 1.79 bits per heavy atom. The molecule has 1 heterocycles. The minimum absolute atomic E-state index is 0.0338. The van der Waals surface area contributed by atoms with Crippen molar-refractivity contribution in [2.24, 2.45) is 5.92 Å². The summed E-state index contributed by atoms with van der Waals surface area (Å²) >= 11 is 0. The molecule has 1 atom stereocenters. The van der Waals surface area contributed by atoms with Crippen LogP contribution in [-0.2, 0) is 10.0 Å². The number of benzene rings is 2. The maximum Gasteiger partial charge on any atom is 0.412 e. The van der Waals surface area contributed by atoms with Crippen LogP contribution in [0.25, 0.3) is 10.9 Å². The summed E-state index contributed by atoms with van der Waals surface area (Å²) in [4.78, 5) is 15.3. The van der Waals surface area contributed by atoms with Crippen LogP contribution >= 0.6 is 0 Å². The molecule has 0 spiro atoms. The first-order chi connectivity index (χ1) is 15.7. The molecule has 0 bridgehead atoms. The Kier molecular flexibility index (Phi) is 7.96. The van der Waals surface area contributed by atoms with Crippen LogP contribution in [0.3, 0.4) is 0 Å². The van der Waals surface area contributed by atoms with Crippen LogP contribution in [0.15, 0.2) is 59.6 Å². The van der Waals surface area contributed by atoms with Crippen LogP contribution in [0, 0.1) is 5.92 Å². The van der Waals surface area contributed by atoms with Gasteiger partial charge >= 0.3 is 6.09 Å². The molecule has 0 fully saturated rings. The Labute approximate surface area is 193 Å². The lowest BCUT2D eigenvalue weighted by Crippen LogP contribution is -2.44. The second kappa shape index (κ2) is 10.7. The molecule has 1 aromatic heterocycles. The molecule has 3 N–H and O–H groups in total. The fourth-order valence-electron chi connectivity index (χ4n) is 3.31. The number of fused-ring (bicyclic) bond motifs is 1. The van der Waals surface area contributed by atoms with E-state index in [1.807, 2.05) is 19.9 Å². The summed E-state index contributed by atoms with van der Waals surface area (Å²) in [5, 5.41) is 13.8. The zero-order chi connectivity index (χ0) is 24.0. The second-order valence-corrected chi connectivity index (χ2v) is 9.98. The number of aliphatic hydroxyl groups excluding tert-OH is 1. The highest BCUT2D eigenvalue weighted by Crippen LogP contribution is 2.21. The maximum absolute atomic E-state index is 13.1. The molecule has 0 aliphatic heterocycles. The number of aromatic nitrogens is 1. The first-order valence-electron chi connectivity index (χ1n) is 10.5. The number of ether oxygens (including phenoxy) is 2. The summed E-state index contributed by atoms with van der Waals surface area (Å²) < 4.78 is 37.8. The van der Waals surface area contributed by atoms with E-state index < -0.39 is 22.2 Å². The van der Waals surface area contributed by atoms with Crippen LogP contribution in [0.4, 0.5) is 4.79 Å². The lowest BCUT2D eigenvalue weighted by atomic mass is 10.2. The maximum atomic E-state index is 13.1. The number of H-pyrrole nitrogens is 1. The SMILES string of the molecule is COc1ccc(S(=O)(=O)N(CC(C)C)C[C@@H](O)CNC(=O)Oc2ccc3[nH]ccc3c2)cc1. The summed E-state index contributed by atoms with van der Waals surface area (Å²) in [6, 6.07) is 13.1. The third kappa shape index (κ3) is 6.47. The average Bonchev–Trinajstić information content (AvgIpc) is 3.25. The molecule has 10 heteroatoms. The van der Waals surface area contributed by atoms with Crippen molar-refractivity contribution < 1.29 is 27.8 Å². The van der Waals surface area contributed by atoms with Gasteiger partial charge in [-0.25, -0.2) is 13.2 Å². The van der Waals surface area contributed by atoms with E-state index in [-0.39, 0.29) is 30.4 Å². The minimum Gasteiger partial charge on any atom is -0.497 e. The molecule has 33 heavy (non-hydrogen) atoms. The molecule has 0 saturated heterocycles. The monoisotopic (exact) mass is 475 g/mol. The minimum atomic E-state index is -3.85. The molecular formula is C23H29N3O6S. The summed E-state index contributed by atoms with van der Waals surface area (Å²) in [6.07, 6.45) is -0.0813. The van der Waals surface area contributed by atoms with Gasteiger partial charge in [0.05, 0.1) is 18.1 Å². The highest BCUT2D eigenvalue weighted by molar-refractivity contribution is 7.89. The van der Waals surface area contributed by atoms with Gasteiger partial charge in [-0.3, -0.25) is 0 Å². The van der Waals surface area contributed by atoms with Crippen LogP contribution in [0.5, 0.6) is 11.5 Å². The zero-order valence-corrected chi connectivity index (χ0v) is 19.6. The van der Waals surface area contributed by atoms with E-state index in [4.69, 9.17) is 9.47 Å². The van der Waals surface area contributed by atoms with Crippen molar-refractivity contribution in [1.29, 1.82) is 0 Å². The largest absolute Gasteiger partial charge is 0.497 e. The Bertz CT molecular complexity index is 1170. The number of methoxy groups -OCH3 is 1. The fraction of sp³-hybridized carbons (Fsp3) is 0.348. The van der Waals surface area contributed by atoms with Crippen molar-refractivity contribution in [2.45, 2.75) is 24.8 Å². The number of nitrogens with zero attached hydrogens (tertiary/aromatic N) is 1. The predicted octanol–water partition coefficient (Wildman–Crippen LogP) is 2.97. The molecule has 3 aromatic rings. The Morgan fingerprint density at radius 3 is 2.45 bits per heavy atom. The zero-order valence-electron chi connectivity index (χ0n) is 18.8. The van der Waals surface area contributed by atoms with Crippen molar-refractivity contribution >= 4 is 27.0 Å². The third-order valence-electron chi connectivity index (χ3n) is 4.90. The van der Waals surface area contributed by atoms with Crippen LogP contribution in [0.2, 0.25) is 0 Å². The molecule has 3 rings (SSSR count). The van der Waals surface area contributed by atoms with E-state index in [1.165, 1.54) is 23.5 Å². The van der Waals surface area contributed by atoms with Crippen molar-refractivity contribution in [2.75, 3.05) is 26.7 Å². The number of nitrogens with one attached hydrogen (secondary N) is 2. The van der Waals surface area contributed by atoms with Gasteiger partial charge in [0.25, 0.3) is 0 Å². The summed E-state index contributed by atoms with van der Waals surface area (Å²) in [5.74, 6) is 0.937. The quantitative estimate of drug-likeness (QED) is 0.415. The number of carbonyl (C=O) groups is 1. The van der Waals surface area contributed by atoms with Gasteiger partial charge in [0.1, 0.15) is 11.5 Å². The number of amides is 1. The van der Waals surface area contributed by atoms with Gasteiger partial charge in [0.15, 0.2) is 0 Å². The lowest BCUT2D eigenvalue weighted by molar-refractivity contribution is 0.135. The van der Waals surface area contributed by atoms with Gasteiger partial charge in [0.2, 0.25) is 10.0 Å². The number of carbonyl (C=O) groups excluding carboxylic acids is 1. The van der Waals surface area contributed by atoms with Crippen LogP contribution < -0.4 is 14.8 Å². The molecule has 1 amide bonds. The van der Waals surface area contributed by atoms with Crippen molar-refractivity contribution in [3.8, 4) is 11.5 Å². The van der Waals surface area contributed by atoms with E-state index >= 15 is 0 Å². The first-order valence-corrected chi connectivity index (χ1v) is 12.0. The van der Waals surface area contributed by atoms with E-state index in [1.54, 1.807) is 36.5 Å². The standard InChI is InChI=1S/C23H29N3O6S/c1-16(2)14-26(33(29,30)21-7-4-19(31-3)5-8-21)15-18(27)13-25-23(28)32-20-6-9-22-17(12-20)10-11-24-22/h4-12,16,18,24,27H,13-15H2,1-3H3,(H,25,28)/t18-/m0/s1. The van der Waals surface area contributed by atoms with Crippen molar-refractivity contribution in [3.63, 3.8) is 0 Å². The predicted molar refractivity (Wildman–Crippen MR) is 125 cm³/mol. The molecular weight excluding hydrogens is 446 g/mol. The Balaban J connectivity index is 1.60. The van der Waals surface area contributed by atoms with Crippen LogP contribution in [-0.4, -0.2) is 61.8 Å². The molecule has 9 nitrogen and oxygen atoms in total. The molecule has 0 aliphatic carbocycles. The average molecular weight is 476 g/mol. The lowest BCUT2D eigenvalue weighted by Gasteiger charge is -2.26. The number of sulfonamides is 1. The first kappa shape index (κ1) is 24.6. The van der Waals surface area contributed by atoms with E-state index in [0.29, 0.717) is 11.5 Å². The highest BCUT2D eigenvalue weighted by atomic mass is 32.2. The topological polar surface area (TPSA) is 121 Å². The van der Waals surface area contributed by atoms with Crippen molar-refractivity contribution in [1.82, 2.24) is 14.6 Å². The van der Waals surface area contributed by atoms with Gasteiger partial charge in [-0.2, -0.15) is 4.31 Å². The second-order valence-electron chi connectivity index (χ2n) is 8.04. The van der Waals surface area contributed by atoms with Gasteiger partial charge in [-0.1, -0.05) is 13.8 Å². The molecule has 0 unspecified atom stereocenters. The normalized spacial score (nSPS) is 12.8. The molecule has 0 radical (unpaired) electrons. The number of rotatable bonds is 10. The molecule has 178 valence electrons. The summed E-state index contributed by atoms with van der Waals surface area (Å²) in [6.45, 7) is 3.65. The van der Waals surface area contributed by atoms with Gasteiger partial charge in [-0.15, -0.1) is 0 Å². The molecule has 2 aromatic carbocycles. The van der Waals surface area contributed by atoms with Gasteiger partial charge in [0, 0.05) is 36.7 Å². The fourth-order valence-corrected chi connectivity index (χ4v) is 4.95. The smallest absolute Gasteiger partial charge is 0.412 e. The highest BCUT2D eigenvalue weighted by Gasteiger charge is 2.27. The Hall–Kier alpha value is -3.08. The molecule has 0 aliphatic rings. The third-order valence-corrected chi connectivity index (χ3v) is 6.74. The van der Waals surface area contributed by atoms with Gasteiger partial charge in [-0.05, 0) is 54.4 Å².